The molecule has 108 valence electrons. The van der Waals surface area contributed by atoms with Gasteiger partial charge in [-0.25, -0.2) is 0 Å². The number of ether oxygens (including phenoxy) is 1. The zero-order valence-corrected chi connectivity index (χ0v) is 13.8. The predicted molar refractivity (Wildman–Crippen MR) is 80.9 cm³/mol. The standard InChI is InChI=1S/C13H16BrN3O2S/c1-9-16-17-13(19-9)20-12-7-11(14)4-3-10(12)8-15-5-6-18-2/h3-4,7,15H,5-6,8H2,1-2H3. The number of hydrogen-bond acceptors (Lipinski definition) is 6. The summed E-state index contributed by atoms with van der Waals surface area (Å²) in [4.78, 5) is 1.09. The molecule has 0 amide bonds. The van der Waals surface area contributed by atoms with Crippen molar-refractivity contribution in [2.75, 3.05) is 20.3 Å². The second-order valence-electron chi connectivity index (χ2n) is 4.11. The van der Waals surface area contributed by atoms with Crippen LogP contribution in [0.4, 0.5) is 0 Å². The lowest BCUT2D eigenvalue weighted by Gasteiger charge is -2.09. The smallest absolute Gasteiger partial charge is 0.281 e. The monoisotopic (exact) mass is 357 g/mol. The summed E-state index contributed by atoms with van der Waals surface area (Å²) in [5.41, 5.74) is 1.19. The summed E-state index contributed by atoms with van der Waals surface area (Å²) in [7, 11) is 1.69. The second-order valence-corrected chi connectivity index (χ2v) is 6.02. The highest BCUT2D eigenvalue weighted by atomic mass is 79.9. The van der Waals surface area contributed by atoms with Gasteiger partial charge in [-0.15, -0.1) is 10.2 Å². The Morgan fingerprint density at radius 3 is 2.95 bits per heavy atom. The van der Waals surface area contributed by atoms with Crippen LogP contribution in [0.5, 0.6) is 0 Å². The minimum Gasteiger partial charge on any atom is -0.416 e. The highest BCUT2D eigenvalue weighted by Crippen LogP contribution is 2.31. The molecule has 7 heteroatoms. The number of nitrogens with one attached hydrogen (secondary N) is 1. The molecular weight excluding hydrogens is 342 g/mol. The van der Waals surface area contributed by atoms with Crippen molar-refractivity contribution < 1.29 is 9.15 Å². The van der Waals surface area contributed by atoms with Gasteiger partial charge in [0.1, 0.15) is 0 Å². The van der Waals surface area contributed by atoms with E-state index in [9.17, 15) is 0 Å². The van der Waals surface area contributed by atoms with Crippen LogP contribution in [0.1, 0.15) is 11.5 Å². The third-order valence-electron chi connectivity index (χ3n) is 2.53. The van der Waals surface area contributed by atoms with Gasteiger partial charge in [-0.05, 0) is 29.5 Å². The van der Waals surface area contributed by atoms with E-state index < -0.39 is 0 Å². The summed E-state index contributed by atoms with van der Waals surface area (Å²) in [6.45, 7) is 4.06. The minimum absolute atomic E-state index is 0.554. The summed E-state index contributed by atoms with van der Waals surface area (Å²) in [5, 5.41) is 11.7. The van der Waals surface area contributed by atoms with Gasteiger partial charge in [-0.3, -0.25) is 0 Å². The zero-order chi connectivity index (χ0) is 14.4. The molecule has 0 radical (unpaired) electrons. The Hall–Kier alpha value is -0.890. The maximum Gasteiger partial charge on any atom is 0.281 e. The highest BCUT2D eigenvalue weighted by molar-refractivity contribution is 9.10. The molecule has 0 spiro atoms. The van der Waals surface area contributed by atoms with Crippen LogP contribution >= 0.6 is 27.7 Å². The van der Waals surface area contributed by atoms with Crippen LogP contribution in [0.15, 0.2) is 37.2 Å². The van der Waals surface area contributed by atoms with Crippen LogP contribution in [-0.4, -0.2) is 30.5 Å². The van der Waals surface area contributed by atoms with Gasteiger partial charge in [0.15, 0.2) is 0 Å². The van der Waals surface area contributed by atoms with Gasteiger partial charge in [0.2, 0.25) is 5.89 Å². The van der Waals surface area contributed by atoms with Crippen LogP contribution in [0.2, 0.25) is 0 Å². The maximum atomic E-state index is 5.41. The third-order valence-corrected chi connectivity index (χ3v) is 3.97. The van der Waals surface area contributed by atoms with Crippen molar-refractivity contribution in [3.05, 3.63) is 34.1 Å². The van der Waals surface area contributed by atoms with Gasteiger partial charge in [0, 0.05) is 36.5 Å². The van der Waals surface area contributed by atoms with Crippen molar-refractivity contribution in [3.63, 3.8) is 0 Å². The molecule has 5 nitrogen and oxygen atoms in total. The lowest BCUT2D eigenvalue weighted by atomic mass is 10.2. The second kappa shape index (κ2) is 7.78. The molecule has 20 heavy (non-hydrogen) atoms. The molecule has 0 bridgehead atoms. The SMILES string of the molecule is COCCNCc1ccc(Br)cc1Sc1nnc(C)o1. The Morgan fingerprint density at radius 1 is 1.40 bits per heavy atom. The van der Waals surface area contributed by atoms with Gasteiger partial charge in [0.25, 0.3) is 5.22 Å². The fourth-order valence-electron chi connectivity index (χ4n) is 1.58. The Bertz CT molecular complexity index is 562. The summed E-state index contributed by atoms with van der Waals surface area (Å²) in [6, 6.07) is 6.16. The van der Waals surface area contributed by atoms with E-state index in [1.54, 1.807) is 14.0 Å². The molecule has 0 saturated carbocycles. The average Bonchev–Trinajstić information content (AvgIpc) is 2.82. The molecule has 0 aliphatic carbocycles. The fraction of sp³-hybridized carbons (Fsp3) is 0.385. The van der Waals surface area contributed by atoms with Crippen LogP contribution in [0.25, 0.3) is 0 Å². The van der Waals surface area contributed by atoms with E-state index in [0.29, 0.717) is 17.7 Å². The fourth-order valence-corrected chi connectivity index (χ4v) is 2.98. The number of rotatable bonds is 7. The third kappa shape index (κ3) is 4.59. The van der Waals surface area contributed by atoms with Crippen molar-refractivity contribution >= 4 is 27.7 Å². The Balaban J connectivity index is 2.07. The lowest BCUT2D eigenvalue weighted by Crippen LogP contribution is -2.18. The number of benzene rings is 1. The zero-order valence-electron chi connectivity index (χ0n) is 11.4. The van der Waals surface area contributed by atoms with Crippen LogP contribution < -0.4 is 5.32 Å². The topological polar surface area (TPSA) is 60.2 Å². The summed E-state index contributed by atoms with van der Waals surface area (Å²) in [6.07, 6.45) is 0. The van der Waals surface area contributed by atoms with Crippen molar-refractivity contribution in [3.8, 4) is 0 Å². The van der Waals surface area contributed by atoms with E-state index in [1.807, 2.05) is 6.07 Å². The average molecular weight is 358 g/mol. The maximum absolute atomic E-state index is 5.41. The van der Waals surface area contributed by atoms with E-state index in [0.717, 1.165) is 22.5 Å². The number of nitrogens with zero attached hydrogens (tertiary/aromatic N) is 2. The summed E-state index contributed by atoms with van der Waals surface area (Å²) >= 11 is 4.96. The molecule has 1 aromatic carbocycles. The first kappa shape index (κ1) is 15.5. The number of aryl methyl sites for hydroxylation is 1. The van der Waals surface area contributed by atoms with Gasteiger partial charge >= 0.3 is 0 Å². The van der Waals surface area contributed by atoms with Gasteiger partial charge < -0.3 is 14.5 Å². The van der Waals surface area contributed by atoms with E-state index >= 15 is 0 Å². The molecule has 0 unspecified atom stereocenters. The van der Waals surface area contributed by atoms with Crippen LogP contribution in [0.3, 0.4) is 0 Å². The van der Waals surface area contributed by atoms with Crippen LogP contribution in [-0.2, 0) is 11.3 Å². The van der Waals surface area contributed by atoms with E-state index in [-0.39, 0.29) is 0 Å². The molecule has 0 aliphatic heterocycles. The Morgan fingerprint density at radius 2 is 2.25 bits per heavy atom. The van der Waals surface area contributed by atoms with Crippen molar-refractivity contribution in [2.24, 2.45) is 0 Å². The van der Waals surface area contributed by atoms with Crippen molar-refractivity contribution in [1.29, 1.82) is 0 Å². The molecular formula is C13H16BrN3O2S. The molecule has 2 rings (SSSR count). The molecule has 1 N–H and O–H groups in total. The lowest BCUT2D eigenvalue weighted by molar-refractivity contribution is 0.199. The van der Waals surface area contributed by atoms with Crippen molar-refractivity contribution in [1.82, 2.24) is 15.5 Å². The Kier molecular flexibility index (Phi) is 6.03. The molecule has 0 saturated heterocycles. The van der Waals surface area contributed by atoms with Gasteiger partial charge in [-0.1, -0.05) is 22.0 Å². The van der Waals surface area contributed by atoms with Crippen LogP contribution in [0, 0.1) is 6.92 Å². The van der Waals surface area contributed by atoms with E-state index in [4.69, 9.17) is 9.15 Å². The summed E-state index contributed by atoms with van der Waals surface area (Å²) < 4.78 is 11.5. The number of halogens is 1. The normalized spacial score (nSPS) is 10.9. The quantitative estimate of drug-likeness (QED) is 0.768. The summed E-state index contributed by atoms with van der Waals surface area (Å²) in [5.74, 6) is 0.572. The number of aromatic nitrogens is 2. The van der Waals surface area contributed by atoms with Crippen molar-refractivity contribution in [2.45, 2.75) is 23.6 Å². The Labute approximate surface area is 130 Å². The number of hydrogen-bond donors (Lipinski definition) is 1. The molecule has 2 aromatic rings. The first-order valence-corrected chi connectivity index (χ1v) is 7.76. The molecule has 0 fully saturated rings. The molecule has 1 heterocycles. The molecule has 0 atom stereocenters. The largest absolute Gasteiger partial charge is 0.416 e. The van der Waals surface area contributed by atoms with E-state index in [1.165, 1.54) is 17.3 Å². The molecule has 1 aromatic heterocycles. The molecule has 0 aliphatic rings. The minimum atomic E-state index is 0.554. The van der Waals surface area contributed by atoms with E-state index in [2.05, 4.69) is 43.6 Å². The first-order chi connectivity index (χ1) is 9.69. The number of methoxy groups -OCH3 is 1. The first-order valence-electron chi connectivity index (χ1n) is 6.15. The highest BCUT2D eigenvalue weighted by Gasteiger charge is 2.10. The van der Waals surface area contributed by atoms with Gasteiger partial charge in [0.05, 0.1) is 6.61 Å². The predicted octanol–water partition coefficient (Wildman–Crippen LogP) is 3.03. The van der Waals surface area contributed by atoms with Gasteiger partial charge in [-0.2, -0.15) is 0 Å².